The van der Waals surface area contributed by atoms with Gasteiger partial charge < -0.3 is 15.1 Å². The highest BCUT2D eigenvalue weighted by Crippen LogP contribution is 2.61. The van der Waals surface area contributed by atoms with Crippen LogP contribution in [0.4, 0.5) is 11.4 Å². The first-order valence-corrected chi connectivity index (χ1v) is 12.1. The third-order valence-electron chi connectivity index (χ3n) is 8.25. The molecule has 1 heterocycles. The van der Waals surface area contributed by atoms with Crippen molar-refractivity contribution in [3.8, 4) is 0 Å². The molecule has 0 aromatic heterocycles. The van der Waals surface area contributed by atoms with Gasteiger partial charge >= 0.3 is 0 Å². The number of likely N-dealkylation sites (N-methyl/N-ethyl adjacent to an activating group) is 1. The fourth-order valence-electron chi connectivity index (χ4n) is 7.38. The van der Waals surface area contributed by atoms with E-state index in [0.717, 1.165) is 60.3 Å². The molecule has 2 N–H and O–H groups in total. The Bertz CT molecular complexity index is 736. The van der Waals surface area contributed by atoms with Crippen molar-refractivity contribution in [2.75, 3.05) is 42.9 Å². The van der Waals surface area contributed by atoms with Gasteiger partial charge in [-0.3, -0.25) is 4.79 Å². The second-order valence-electron chi connectivity index (χ2n) is 10.4. The summed E-state index contributed by atoms with van der Waals surface area (Å²) in [5.74, 6) is 2.84. The molecule has 4 bridgehead atoms. The van der Waals surface area contributed by atoms with E-state index in [1.807, 2.05) is 18.2 Å². The number of para-hydroxylation sites is 1. The van der Waals surface area contributed by atoms with E-state index >= 15 is 0 Å². The van der Waals surface area contributed by atoms with E-state index in [1.54, 1.807) is 4.90 Å². The van der Waals surface area contributed by atoms with Crippen LogP contribution in [0.25, 0.3) is 0 Å². The molecule has 0 atom stereocenters. The number of hydrogen-bond donors (Lipinski definition) is 2. The molecular formula is C24H35ClN3O+. The quantitative estimate of drug-likeness (QED) is 0.769. The number of rotatable bonds is 5. The van der Waals surface area contributed by atoms with Gasteiger partial charge in [0.15, 0.2) is 0 Å². The zero-order chi connectivity index (χ0) is 20.0. The highest BCUT2D eigenvalue weighted by Gasteiger charge is 2.51. The Balaban J connectivity index is 1.29. The largest absolute Gasteiger partial charge is 0.357 e. The molecule has 0 unspecified atom stereocenters. The maximum absolute atomic E-state index is 13.2. The summed E-state index contributed by atoms with van der Waals surface area (Å²) in [4.78, 5) is 17.2. The summed E-state index contributed by atoms with van der Waals surface area (Å²) >= 11 is 6.62. The minimum Gasteiger partial charge on any atom is -0.357 e. The second kappa shape index (κ2) is 7.77. The first kappa shape index (κ1) is 19.7. The number of halogens is 1. The summed E-state index contributed by atoms with van der Waals surface area (Å²) in [6.45, 7) is 7.65. The molecular weight excluding hydrogens is 382 g/mol. The fourth-order valence-corrected chi connectivity index (χ4v) is 7.67. The van der Waals surface area contributed by atoms with Gasteiger partial charge in [-0.2, -0.15) is 0 Å². The van der Waals surface area contributed by atoms with Gasteiger partial charge in [-0.05, 0) is 80.8 Å². The molecule has 158 valence electrons. The van der Waals surface area contributed by atoms with Crippen LogP contribution in [0, 0.1) is 23.2 Å². The molecule has 6 rings (SSSR count). The maximum atomic E-state index is 13.2. The third kappa shape index (κ3) is 3.90. The number of nitrogens with zero attached hydrogens (tertiary/aromatic N) is 1. The number of piperazine rings is 1. The number of benzene rings is 1. The second-order valence-corrected chi connectivity index (χ2v) is 10.8. The first-order valence-electron chi connectivity index (χ1n) is 11.7. The fraction of sp³-hybridized carbons (Fsp3) is 0.708. The van der Waals surface area contributed by atoms with Crippen molar-refractivity contribution in [3.63, 3.8) is 0 Å². The average molecular weight is 417 g/mol. The molecule has 1 amide bonds. The summed E-state index contributed by atoms with van der Waals surface area (Å²) in [5.41, 5.74) is 2.18. The van der Waals surface area contributed by atoms with Crippen LogP contribution >= 0.6 is 11.6 Å². The van der Waals surface area contributed by atoms with E-state index < -0.39 is 0 Å². The van der Waals surface area contributed by atoms with Crippen LogP contribution in [0.15, 0.2) is 18.2 Å². The molecule has 4 saturated carbocycles. The molecule has 0 radical (unpaired) electrons. The molecule has 5 heteroatoms. The van der Waals surface area contributed by atoms with Gasteiger partial charge in [0.05, 0.1) is 49.1 Å². The number of hydrogen-bond acceptors (Lipinski definition) is 2. The predicted molar refractivity (Wildman–Crippen MR) is 119 cm³/mol. The number of carbonyl (C=O) groups excluding carboxylic acids is 1. The van der Waals surface area contributed by atoms with Crippen LogP contribution in [0.3, 0.4) is 0 Å². The summed E-state index contributed by atoms with van der Waals surface area (Å²) in [6.07, 6.45) is 8.78. The Morgan fingerprint density at radius 3 is 2.34 bits per heavy atom. The van der Waals surface area contributed by atoms with E-state index in [-0.39, 0.29) is 11.3 Å². The van der Waals surface area contributed by atoms with Gasteiger partial charge in [0.2, 0.25) is 5.91 Å². The zero-order valence-corrected chi connectivity index (χ0v) is 18.4. The lowest BCUT2D eigenvalue weighted by Crippen LogP contribution is -3.14. The zero-order valence-electron chi connectivity index (χ0n) is 17.7. The van der Waals surface area contributed by atoms with Crippen LogP contribution < -0.4 is 15.1 Å². The molecule has 5 aliphatic rings. The number of nitrogens with one attached hydrogen (secondary N) is 2. The molecule has 4 aliphatic carbocycles. The van der Waals surface area contributed by atoms with Crippen LogP contribution in [0.5, 0.6) is 0 Å². The highest BCUT2D eigenvalue weighted by atomic mass is 35.5. The van der Waals surface area contributed by atoms with Crippen LogP contribution in [-0.2, 0) is 4.79 Å². The lowest BCUT2D eigenvalue weighted by molar-refractivity contribution is -0.898. The minimum absolute atomic E-state index is 0.188. The Hall–Kier alpha value is -1.26. The molecule has 0 spiro atoms. The smallest absolute Gasteiger partial charge is 0.224 e. The summed E-state index contributed by atoms with van der Waals surface area (Å²) < 4.78 is 0. The Morgan fingerprint density at radius 2 is 1.76 bits per heavy atom. The van der Waals surface area contributed by atoms with E-state index in [4.69, 9.17) is 11.6 Å². The Labute approximate surface area is 180 Å². The monoisotopic (exact) mass is 416 g/mol. The van der Waals surface area contributed by atoms with Crippen molar-refractivity contribution in [3.05, 3.63) is 23.2 Å². The lowest BCUT2D eigenvalue weighted by Gasteiger charge is -2.56. The number of amides is 1. The van der Waals surface area contributed by atoms with Gasteiger partial charge in [0.25, 0.3) is 0 Å². The van der Waals surface area contributed by atoms with Gasteiger partial charge in [-0.25, -0.2) is 0 Å². The Morgan fingerprint density at radius 1 is 1.14 bits per heavy atom. The summed E-state index contributed by atoms with van der Waals surface area (Å²) in [5, 5.41) is 4.02. The molecule has 1 aromatic carbocycles. The van der Waals surface area contributed by atoms with E-state index in [1.165, 1.54) is 45.1 Å². The number of quaternary nitrogens is 1. The summed E-state index contributed by atoms with van der Waals surface area (Å²) in [6, 6.07) is 5.93. The topological polar surface area (TPSA) is 36.8 Å². The normalized spacial score (nSPS) is 33.9. The number of carbonyl (C=O) groups is 1. The van der Waals surface area contributed by atoms with Gasteiger partial charge in [-0.15, -0.1) is 0 Å². The molecule has 29 heavy (non-hydrogen) atoms. The van der Waals surface area contributed by atoms with Crippen LogP contribution in [0.1, 0.15) is 51.9 Å². The molecule has 5 fully saturated rings. The van der Waals surface area contributed by atoms with Gasteiger partial charge in [-0.1, -0.05) is 17.7 Å². The van der Waals surface area contributed by atoms with Crippen molar-refractivity contribution in [2.24, 2.45) is 23.2 Å². The maximum Gasteiger partial charge on any atom is 0.224 e. The molecule has 1 aromatic rings. The minimum atomic E-state index is 0.188. The number of anilines is 2. The van der Waals surface area contributed by atoms with Crippen molar-refractivity contribution < 1.29 is 9.69 Å². The van der Waals surface area contributed by atoms with Crippen LogP contribution in [0.2, 0.25) is 5.02 Å². The SMILES string of the molecule is CC[NH+]1CCN(c2c(Cl)cccc2NC(=O)CC23CC4CC(CC(C4)C2)C3)CC1. The standard InChI is InChI=1S/C24H34ClN3O/c1-2-27-6-8-28(9-7-27)23-20(25)4-3-5-21(23)26-22(29)16-24-13-17-10-18(14-24)12-19(11-17)15-24/h3-5,17-19H,2,6-16H2,1H3,(H,26,29)/p+1. The van der Waals surface area contributed by atoms with E-state index in [0.29, 0.717) is 6.42 Å². The van der Waals surface area contributed by atoms with Crippen molar-refractivity contribution in [1.29, 1.82) is 0 Å². The van der Waals surface area contributed by atoms with Crippen LogP contribution in [-0.4, -0.2) is 38.6 Å². The van der Waals surface area contributed by atoms with Crippen molar-refractivity contribution in [2.45, 2.75) is 51.9 Å². The molecule has 1 aliphatic heterocycles. The van der Waals surface area contributed by atoms with Crippen molar-refractivity contribution in [1.82, 2.24) is 0 Å². The Kier molecular flexibility index (Phi) is 5.28. The molecule has 4 nitrogen and oxygen atoms in total. The highest BCUT2D eigenvalue weighted by molar-refractivity contribution is 6.34. The summed E-state index contributed by atoms with van der Waals surface area (Å²) in [7, 11) is 0. The average Bonchev–Trinajstić information content (AvgIpc) is 2.67. The predicted octanol–water partition coefficient (Wildman–Crippen LogP) is 3.61. The lowest BCUT2D eigenvalue weighted by atomic mass is 9.49. The third-order valence-corrected chi connectivity index (χ3v) is 8.55. The first-order chi connectivity index (χ1) is 14.0. The van der Waals surface area contributed by atoms with Gasteiger partial charge in [0.1, 0.15) is 0 Å². The van der Waals surface area contributed by atoms with Gasteiger partial charge in [0, 0.05) is 6.42 Å². The van der Waals surface area contributed by atoms with Crippen molar-refractivity contribution >= 4 is 28.9 Å². The van der Waals surface area contributed by atoms with E-state index in [9.17, 15) is 4.79 Å². The van der Waals surface area contributed by atoms with E-state index in [2.05, 4.69) is 17.1 Å². The molecule has 1 saturated heterocycles.